The highest BCUT2D eigenvalue weighted by Crippen LogP contribution is 2.35. The first-order chi connectivity index (χ1) is 16.8. The van der Waals surface area contributed by atoms with Crippen molar-refractivity contribution >= 4 is 29.5 Å². The van der Waals surface area contributed by atoms with Crippen molar-refractivity contribution < 1.29 is 24.5 Å². The summed E-state index contributed by atoms with van der Waals surface area (Å²) in [4.78, 5) is 14.2. The summed E-state index contributed by atoms with van der Waals surface area (Å²) in [5, 5.41) is 29.4. The quantitative estimate of drug-likeness (QED) is 0.286. The maximum Gasteiger partial charge on any atom is 0.342 e. The fourth-order valence-corrected chi connectivity index (χ4v) is 4.49. The Kier molecular flexibility index (Phi) is 8.64. The van der Waals surface area contributed by atoms with E-state index in [1.54, 1.807) is 32.4 Å². The summed E-state index contributed by atoms with van der Waals surface area (Å²) >= 11 is 0.973. The number of anilines is 1. The van der Waals surface area contributed by atoms with E-state index in [0.717, 1.165) is 36.1 Å². The molecular weight excluding hydrogens is 468 g/mol. The number of thioether (sulfide) groups is 1. The zero-order chi connectivity index (χ0) is 25.5. The van der Waals surface area contributed by atoms with E-state index < -0.39 is 5.97 Å². The predicted molar refractivity (Wildman–Crippen MR) is 137 cm³/mol. The molecule has 0 aliphatic rings. The standard InChI is InChI=1S/C25H30N4O5S/c1-6-28(7-2)18-10-9-16(21(30)14-18)13-22(24(31)32)35-25-27-26-23(29(25)8-3)17-11-19(33-4)15-20(12-17)34-5/h9-15,30H,6-8H2,1-5H3,(H,31,32)/b22-13-. The van der Waals surface area contributed by atoms with E-state index in [4.69, 9.17) is 9.47 Å². The molecule has 2 N–H and O–H groups in total. The normalized spacial score (nSPS) is 11.4. The van der Waals surface area contributed by atoms with E-state index in [1.165, 1.54) is 6.08 Å². The number of ether oxygens (including phenoxy) is 2. The molecule has 35 heavy (non-hydrogen) atoms. The van der Waals surface area contributed by atoms with E-state index in [9.17, 15) is 15.0 Å². The number of aromatic nitrogens is 3. The van der Waals surface area contributed by atoms with Crippen LogP contribution in [0.2, 0.25) is 0 Å². The second-order valence-corrected chi connectivity index (χ2v) is 8.49. The number of phenolic OH excluding ortho intramolecular Hbond substituents is 1. The van der Waals surface area contributed by atoms with Gasteiger partial charge in [-0.3, -0.25) is 0 Å². The van der Waals surface area contributed by atoms with Crippen molar-refractivity contribution in [2.75, 3.05) is 32.2 Å². The maximum absolute atomic E-state index is 12.1. The number of aliphatic carboxylic acids is 1. The number of carboxylic acid groups (broad SMARTS) is 1. The Hall–Kier alpha value is -3.66. The smallest absolute Gasteiger partial charge is 0.342 e. The number of aromatic hydroxyl groups is 1. The minimum Gasteiger partial charge on any atom is -0.507 e. The third kappa shape index (κ3) is 5.89. The van der Waals surface area contributed by atoms with E-state index in [0.29, 0.717) is 34.6 Å². The highest BCUT2D eigenvalue weighted by atomic mass is 32.2. The van der Waals surface area contributed by atoms with Crippen LogP contribution in [-0.2, 0) is 11.3 Å². The van der Waals surface area contributed by atoms with Crippen molar-refractivity contribution in [3.8, 4) is 28.6 Å². The molecule has 186 valence electrons. The fourth-order valence-electron chi connectivity index (χ4n) is 3.61. The van der Waals surface area contributed by atoms with Crippen LogP contribution in [0.4, 0.5) is 5.69 Å². The molecule has 9 nitrogen and oxygen atoms in total. The number of phenols is 1. The van der Waals surface area contributed by atoms with Crippen LogP contribution in [-0.4, -0.2) is 58.3 Å². The van der Waals surface area contributed by atoms with Gasteiger partial charge in [-0.15, -0.1) is 10.2 Å². The minimum atomic E-state index is -1.13. The summed E-state index contributed by atoms with van der Waals surface area (Å²) in [6.45, 7) is 8.11. The predicted octanol–water partition coefficient (Wildman–Crippen LogP) is 4.75. The molecule has 0 fully saturated rings. The minimum absolute atomic E-state index is 0.00719. The zero-order valence-electron chi connectivity index (χ0n) is 20.5. The highest BCUT2D eigenvalue weighted by molar-refractivity contribution is 8.04. The number of rotatable bonds is 11. The van der Waals surface area contributed by atoms with Crippen LogP contribution in [0.3, 0.4) is 0 Å². The number of hydrogen-bond donors (Lipinski definition) is 2. The van der Waals surface area contributed by atoms with E-state index in [-0.39, 0.29) is 10.7 Å². The van der Waals surface area contributed by atoms with Crippen molar-refractivity contribution in [3.63, 3.8) is 0 Å². The molecule has 0 radical (unpaired) electrons. The first-order valence-corrected chi connectivity index (χ1v) is 12.0. The van der Waals surface area contributed by atoms with Gasteiger partial charge in [0.05, 0.1) is 14.2 Å². The zero-order valence-corrected chi connectivity index (χ0v) is 21.3. The number of carboxylic acids is 1. The van der Waals surface area contributed by atoms with Gasteiger partial charge < -0.3 is 29.2 Å². The van der Waals surface area contributed by atoms with Crippen LogP contribution in [0, 0.1) is 0 Å². The van der Waals surface area contributed by atoms with Gasteiger partial charge in [-0.05, 0) is 62.9 Å². The van der Waals surface area contributed by atoms with Gasteiger partial charge in [0.1, 0.15) is 22.2 Å². The molecule has 3 rings (SSSR count). The van der Waals surface area contributed by atoms with Gasteiger partial charge in [0, 0.05) is 48.6 Å². The number of nitrogens with zero attached hydrogens (tertiary/aromatic N) is 4. The fraction of sp³-hybridized carbons (Fsp3) is 0.320. The Morgan fingerprint density at radius 1 is 1.06 bits per heavy atom. The van der Waals surface area contributed by atoms with Crippen LogP contribution in [0.25, 0.3) is 17.5 Å². The molecule has 0 aliphatic carbocycles. The van der Waals surface area contributed by atoms with Crippen LogP contribution in [0.5, 0.6) is 17.2 Å². The Morgan fingerprint density at radius 3 is 2.23 bits per heavy atom. The molecule has 0 bridgehead atoms. The topological polar surface area (TPSA) is 110 Å². The molecule has 0 saturated heterocycles. The van der Waals surface area contributed by atoms with Crippen LogP contribution in [0.1, 0.15) is 26.3 Å². The lowest BCUT2D eigenvalue weighted by Gasteiger charge is -2.21. The summed E-state index contributed by atoms with van der Waals surface area (Å²) < 4.78 is 12.5. The first-order valence-electron chi connectivity index (χ1n) is 11.2. The molecule has 0 unspecified atom stereocenters. The lowest BCUT2D eigenvalue weighted by molar-refractivity contribution is -0.131. The number of benzene rings is 2. The lowest BCUT2D eigenvalue weighted by Crippen LogP contribution is -2.21. The lowest BCUT2D eigenvalue weighted by atomic mass is 10.1. The summed E-state index contributed by atoms with van der Waals surface area (Å²) in [5.74, 6) is 0.652. The maximum atomic E-state index is 12.1. The molecule has 0 saturated carbocycles. The van der Waals surface area contributed by atoms with Crippen molar-refractivity contribution in [2.24, 2.45) is 0 Å². The molecule has 1 heterocycles. The first kappa shape index (κ1) is 26.0. The monoisotopic (exact) mass is 498 g/mol. The second kappa shape index (κ2) is 11.7. The van der Waals surface area contributed by atoms with Crippen molar-refractivity contribution in [1.29, 1.82) is 0 Å². The molecule has 0 atom stereocenters. The van der Waals surface area contributed by atoms with Crippen molar-refractivity contribution in [1.82, 2.24) is 14.8 Å². The Bertz CT molecular complexity index is 1200. The Labute approximate surface area is 209 Å². The average molecular weight is 499 g/mol. The van der Waals surface area contributed by atoms with Crippen molar-refractivity contribution in [2.45, 2.75) is 32.5 Å². The third-order valence-corrected chi connectivity index (χ3v) is 6.48. The second-order valence-electron chi connectivity index (χ2n) is 7.48. The molecule has 3 aromatic rings. The summed E-state index contributed by atoms with van der Waals surface area (Å²) in [6.07, 6.45) is 1.44. The molecule has 0 amide bonds. The van der Waals surface area contributed by atoms with Crippen LogP contribution >= 0.6 is 11.8 Å². The molecular formula is C25H30N4O5S. The number of carbonyl (C=O) groups is 1. The van der Waals surface area contributed by atoms with Gasteiger partial charge in [-0.2, -0.15) is 0 Å². The molecule has 0 aliphatic heterocycles. The Balaban J connectivity index is 1.97. The van der Waals surface area contributed by atoms with Crippen molar-refractivity contribution in [3.05, 3.63) is 46.9 Å². The van der Waals surface area contributed by atoms with Gasteiger partial charge in [0.2, 0.25) is 0 Å². The summed E-state index contributed by atoms with van der Waals surface area (Å²) in [5.41, 5.74) is 2.01. The van der Waals surface area contributed by atoms with Gasteiger partial charge in [0.25, 0.3) is 0 Å². The highest BCUT2D eigenvalue weighted by Gasteiger charge is 2.20. The van der Waals surface area contributed by atoms with Gasteiger partial charge in [-0.1, -0.05) is 0 Å². The van der Waals surface area contributed by atoms with Gasteiger partial charge >= 0.3 is 5.97 Å². The molecule has 1 aromatic heterocycles. The van der Waals surface area contributed by atoms with Crippen LogP contribution < -0.4 is 14.4 Å². The van der Waals surface area contributed by atoms with Crippen LogP contribution in [0.15, 0.2) is 46.5 Å². The van der Waals surface area contributed by atoms with Gasteiger partial charge in [-0.25, -0.2) is 4.79 Å². The summed E-state index contributed by atoms with van der Waals surface area (Å²) in [6, 6.07) is 10.6. The largest absolute Gasteiger partial charge is 0.507 e. The SMILES string of the molecule is CCN(CC)c1ccc(/C=C(\Sc2nnc(-c3cc(OC)cc(OC)c3)n2CC)C(=O)O)c(O)c1. The van der Waals surface area contributed by atoms with E-state index in [1.807, 2.05) is 43.5 Å². The number of hydrogen-bond acceptors (Lipinski definition) is 8. The Morgan fingerprint density at radius 2 is 1.71 bits per heavy atom. The van der Waals surface area contributed by atoms with E-state index in [2.05, 4.69) is 15.1 Å². The molecule has 10 heteroatoms. The molecule has 0 spiro atoms. The molecule has 2 aromatic carbocycles. The summed E-state index contributed by atoms with van der Waals surface area (Å²) in [7, 11) is 3.14. The van der Waals surface area contributed by atoms with E-state index >= 15 is 0 Å². The third-order valence-electron chi connectivity index (χ3n) is 5.48. The average Bonchev–Trinajstić information content (AvgIpc) is 3.27. The van der Waals surface area contributed by atoms with Gasteiger partial charge in [0.15, 0.2) is 11.0 Å². The number of methoxy groups -OCH3 is 2.